The first-order valence-electron chi connectivity index (χ1n) is 11.8. The molecule has 7 heteroatoms. The molecule has 2 aliphatic rings. The summed E-state index contributed by atoms with van der Waals surface area (Å²) in [5, 5.41) is 41.1. The third-order valence-electron chi connectivity index (χ3n) is 7.22. The van der Waals surface area contributed by atoms with Crippen LogP contribution in [0.5, 0.6) is 5.75 Å². The second-order valence-corrected chi connectivity index (χ2v) is 9.26. The summed E-state index contributed by atoms with van der Waals surface area (Å²) in [5.41, 5.74) is 3.87. The van der Waals surface area contributed by atoms with Gasteiger partial charge < -0.3 is 20.4 Å². The standard InChI is InChI=1S/C28H31NO6/c1-29-27(34)22-14-20(15-30)25(23(16-31)26(22)28(29)35)24(33)12-9-19(18-5-3-2-4-6-18)13-17-7-10-21(32)11-8-17/h2-8,10-11,13,22-24,26,30-33H,9,12,14-16H2,1H3/b19-13-/t22-,23+,24-,26-/m1/s1. The largest absolute Gasteiger partial charge is 0.508 e. The summed E-state index contributed by atoms with van der Waals surface area (Å²) >= 11 is 0. The van der Waals surface area contributed by atoms with Gasteiger partial charge in [0.1, 0.15) is 5.75 Å². The first-order valence-corrected chi connectivity index (χ1v) is 11.8. The highest BCUT2D eigenvalue weighted by Crippen LogP contribution is 2.45. The number of rotatable bonds is 8. The van der Waals surface area contributed by atoms with E-state index in [1.165, 1.54) is 7.05 Å². The van der Waals surface area contributed by atoms with Crippen LogP contribution in [0.25, 0.3) is 11.6 Å². The van der Waals surface area contributed by atoms with Crippen molar-refractivity contribution in [2.24, 2.45) is 17.8 Å². The van der Waals surface area contributed by atoms with Crippen molar-refractivity contribution >= 4 is 23.5 Å². The molecule has 4 rings (SSSR count). The van der Waals surface area contributed by atoms with E-state index >= 15 is 0 Å². The van der Waals surface area contributed by atoms with Crippen LogP contribution in [0.3, 0.4) is 0 Å². The van der Waals surface area contributed by atoms with Gasteiger partial charge in [0.25, 0.3) is 0 Å². The van der Waals surface area contributed by atoms with E-state index in [1.54, 1.807) is 12.1 Å². The lowest BCUT2D eigenvalue weighted by Crippen LogP contribution is -2.39. The Morgan fingerprint density at radius 3 is 2.37 bits per heavy atom. The van der Waals surface area contributed by atoms with Crippen molar-refractivity contribution in [2.75, 3.05) is 20.3 Å². The van der Waals surface area contributed by atoms with Gasteiger partial charge in [0.05, 0.1) is 31.2 Å². The molecule has 0 bridgehead atoms. The molecular weight excluding hydrogens is 446 g/mol. The first kappa shape index (κ1) is 24.9. The zero-order valence-electron chi connectivity index (χ0n) is 19.7. The van der Waals surface area contributed by atoms with E-state index in [1.807, 2.05) is 48.5 Å². The van der Waals surface area contributed by atoms with Crippen LogP contribution in [0.2, 0.25) is 0 Å². The molecule has 35 heavy (non-hydrogen) atoms. The van der Waals surface area contributed by atoms with Crippen LogP contribution < -0.4 is 0 Å². The zero-order valence-corrected chi connectivity index (χ0v) is 19.7. The Bertz CT molecular complexity index is 1140. The monoisotopic (exact) mass is 477 g/mol. The predicted octanol–water partition coefficient (Wildman–Crippen LogP) is 2.61. The van der Waals surface area contributed by atoms with Gasteiger partial charge >= 0.3 is 0 Å². The van der Waals surface area contributed by atoms with Crippen molar-refractivity contribution < 1.29 is 30.0 Å². The number of fused-ring (bicyclic) bond motifs is 1. The van der Waals surface area contributed by atoms with Crippen LogP contribution in [-0.2, 0) is 9.59 Å². The number of likely N-dealkylation sites (tertiary alicyclic amines) is 1. The van der Waals surface area contributed by atoms with Crippen molar-refractivity contribution in [3.63, 3.8) is 0 Å². The van der Waals surface area contributed by atoms with Gasteiger partial charge in [-0.3, -0.25) is 14.5 Å². The Labute approximate surface area is 204 Å². The molecule has 0 unspecified atom stereocenters. The third kappa shape index (κ3) is 4.93. The molecule has 0 radical (unpaired) electrons. The van der Waals surface area contributed by atoms with E-state index in [4.69, 9.17) is 0 Å². The first-order chi connectivity index (χ1) is 16.8. The number of aliphatic hydroxyl groups is 3. The number of phenols is 1. The SMILES string of the molecule is CN1C(=O)[C@@H]2[C@@H](CC(CO)=C([C@H](O)CC/C(=C/c3ccc(O)cc3)c3ccccc3)[C@@H]2CO)C1=O. The van der Waals surface area contributed by atoms with Crippen LogP contribution in [0, 0.1) is 17.8 Å². The number of carbonyl (C=O) groups is 2. The Kier molecular flexibility index (Phi) is 7.50. The number of hydrogen-bond donors (Lipinski definition) is 4. The summed E-state index contributed by atoms with van der Waals surface area (Å²) in [4.78, 5) is 26.4. The molecule has 1 aliphatic carbocycles. The molecule has 1 heterocycles. The molecule has 0 saturated carbocycles. The molecule has 2 aromatic carbocycles. The molecule has 0 spiro atoms. The zero-order chi connectivity index (χ0) is 25.1. The summed E-state index contributed by atoms with van der Waals surface area (Å²) in [5.74, 6) is -2.53. The maximum atomic E-state index is 12.8. The fourth-order valence-corrected chi connectivity index (χ4v) is 5.43. The van der Waals surface area contributed by atoms with Crippen molar-refractivity contribution in [1.82, 2.24) is 4.90 Å². The van der Waals surface area contributed by atoms with Gasteiger partial charge in [0.2, 0.25) is 11.8 Å². The molecule has 4 atom stereocenters. The van der Waals surface area contributed by atoms with Crippen LogP contribution in [0.4, 0.5) is 0 Å². The fourth-order valence-electron chi connectivity index (χ4n) is 5.43. The maximum absolute atomic E-state index is 12.8. The number of aliphatic hydroxyl groups excluding tert-OH is 3. The average Bonchev–Trinajstić information content (AvgIpc) is 3.10. The number of hydrogen-bond acceptors (Lipinski definition) is 6. The highest BCUT2D eigenvalue weighted by molar-refractivity contribution is 6.05. The van der Waals surface area contributed by atoms with Crippen LogP contribution >= 0.6 is 0 Å². The van der Waals surface area contributed by atoms with E-state index in [0.717, 1.165) is 21.6 Å². The fraction of sp³-hybridized carbons (Fsp3) is 0.357. The summed E-state index contributed by atoms with van der Waals surface area (Å²) < 4.78 is 0. The number of phenolic OH excluding ortho intramolecular Hbond substituents is 1. The van der Waals surface area contributed by atoms with Crippen LogP contribution in [0.1, 0.15) is 30.4 Å². The van der Waals surface area contributed by atoms with Gasteiger partial charge in [-0.25, -0.2) is 0 Å². The highest BCUT2D eigenvalue weighted by atomic mass is 16.3. The Morgan fingerprint density at radius 1 is 1.06 bits per heavy atom. The number of allylic oxidation sites excluding steroid dienone is 1. The second-order valence-electron chi connectivity index (χ2n) is 9.26. The number of nitrogens with zero attached hydrogens (tertiary/aromatic N) is 1. The van der Waals surface area contributed by atoms with E-state index < -0.39 is 30.5 Å². The minimum Gasteiger partial charge on any atom is -0.508 e. The molecule has 2 aromatic rings. The number of carbonyl (C=O) groups excluding carboxylic acids is 2. The lowest BCUT2D eigenvalue weighted by Gasteiger charge is -2.36. The van der Waals surface area contributed by atoms with Crippen molar-refractivity contribution in [3.05, 3.63) is 76.9 Å². The number of aromatic hydroxyl groups is 1. The van der Waals surface area contributed by atoms with Crippen LogP contribution in [0.15, 0.2) is 65.7 Å². The predicted molar refractivity (Wildman–Crippen MR) is 132 cm³/mol. The Morgan fingerprint density at radius 2 is 1.74 bits per heavy atom. The van der Waals surface area contributed by atoms with Gasteiger partial charge in [-0.2, -0.15) is 0 Å². The second kappa shape index (κ2) is 10.6. The summed E-state index contributed by atoms with van der Waals surface area (Å²) in [6.45, 7) is -0.731. The van der Waals surface area contributed by atoms with Crippen molar-refractivity contribution in [2.45, 2.75) is 25.4 Å². The van der Waals surface area contributed by atoms with Gasteiger partial charge in [0, 0.05) is 13.0 Å². The molecule has 1 saturated heterocycles. The normalized spacial score (nSPS) is 23.6. The van der Waals surface area contributed by atoms with Gasteiger partial charge in [-0.05, 0) is 59.2 Å². The lowest BCUT2D eigenvalue weighted by atomic mass is 9.68. The van der Waals surface area contributed by atoms with E-state index in [-0.39, 0.29) is 30.6 Å². The molecule has 1 aliphatic heterocycles. The molecule has 4 N–H and O–H groups in total. The smallest absolute Gasteiger partial charge is 0.233 e. The van der Waals surface area contributed by atoms with E-state index in [0.29, 0.717) is 24.0 Å². The summed E-state index contributed by atoms with van der Waals surface area (Å²) in [6, 6.07) is 16.6. The number of amides is 2. The van der Waals surface area contributed by atoms with Gasteiger partial charge in [-0.1, -0.05) is 48.5 Å². The number of benzene rings is 2. The summed E-state index contributed by atoms with van der Waals surface area (Å²) in [7, 11) is 1.44. The summed E-state index contributed by atoms with van der Waals surface area (Å²) in [6.07, 6.45) is 2.01. The minimum atomic E-state index is -0.990. The maximum Gasteiger partial charge on any atom is 0.233 e. The van der Waals surface area contributed by atoms with Gasteiger partial charge in [0.15, 0.2) is 0 Å². The molecule has 1 fully saturated rings. The molecule has 184 valence electrons. The minimum absolute atomic E-state index is 0.179. The number of imide groups is 1. The molecular formula is C28H31NO6. The Hall–Kier alpha value is -3.26. The molecule has 2 amide bonds. The Balaban J connectivity index is 1.61. The lowest BCUT2D eigenvalue weighted by molar-refractivity contribution is -0.138. The average molecular weight is 478 g/mol. The third-order valence-corrected chi connectivity index (χ3v) is 7.22. The quantitative estimate of drug-likeness (QED) is 0.264. The molecule has 0 aromatic heterocycles. The highest BCUT2D eigenvalue weighted by Gasteiger charge is 2.53. The topological polar surface area (TPSA) is 118 Å². The molecule has 7 nitrogen and oxygen atoms in total. The van der Waals surface area contributed by atoms with Crippen molar-refractivity contribution in [3.8, 4) is 5.75 Å². The van der Waals surface area contributed by atoms with E-state index in [2.05, 4.69) is 0 Å². The van der Waals surface area contributed by atoms with Crippen LogP contribution in [-0.4, -0.2) is 63.5 Å². The van der Waals surface area contributed by atoms with Gasteiger partial charge in [-0.15, -0.1) is 0 Å². The van der Waals surface area contributed by atoms with Crippen molar-refractivity contribution in [1.29, 1.82) is 0 Å². The van der Waals surface area contributed by atoms with E-state index in [9.17, 15) is 30.0 Å².